The molecule has 1 atom stereocenters. The fraction of sp³-hybridized carbons (Fsp3) is 0.278. The van der Waals surface area contributed by atoms with Gasteiger partial charge in [-0.05, 0) is 55.3 Å². The Kier molecular flexibility index (Phi) is 5.67. The molecular weight excluding hydrogens is 333 g/mol. The Hall–Kier alpha value is -2.27. The van der Waals surface area contributed by atoms with Gasteiger partial charge in [0.2, 0.25) is 0 Å². The number of rotatable bonds is 5. The van der Waals surface area contributed by atoms with Crippen LogP contribution in [0.4, 0.5) is 4.39 Å². The maximum Gasteiger partial charge on any atom is 0.253 e. The van der Waals surface area contributed by atoms with Crippen molar-refractivity contribution in [3.63, 3.8) is 0 Å². The molecule has 0 saturated heterocycles. The molecule has 0 saturated carbocycles. The van der Waals surface area contributed by atoms with Crippen LogP contribution in [-0.2, 0) is 0 Å². The Balaban J connectivity index is 2.26. The molecule has 6 heteroatoms. The molecule has 0 fully saturated rings. The predicted octanol–water partition coefficient (Wildman–Crippen LogP) is 4.30. The normalized spacial score (nSPS) is 11.8. The zero-order valence-corrected chi connectivity index (χ0v) is 14.7. The number of ether oxygens (including phenoxy) is 2. The third-order valence-electron chi connectivity index (χ3n) is 3.76. The van der Waals surface area contributed by atoms with Crippen molar-refractivity contribution in [2.75, 3.05) is 14.2 Å². The number of methoxy groups -OCH3 is 2. The summed E-state index contributed by atoms with van der Waals surface area (Å²) in [7, 11) is 3.12. The van der Waals surface area contributed by atoms with Gasteiger partial charge in [0.25, 0.3) is 5.91 Å². The van der Waals surface area contributed by atoms with Gasteiger partial charge in [0.05, 0.1) is 30.8 Å². The van der Waals surface area contributed by atoms with Crippen LogP contribution in [-0.4, -0.2) is 20.1 Å². The van der Waals surface area contributed by atoms with Crippen LogP contribution in [0.15, 0.2) is 30.3 Å². The highest BCUT2D eigenvalue weighted by molar-refractivity contribution is 6.33. The van der Waals surface area contributed by atoms with Crippen LogP contribution in [0.3, 0.4) is 0 Å². The fourth-order valence-corrected chi connectivity index (χ4v) is 2.74. The highest BCUT2D eigenvalue weighted by Crippen LogP contribution is 2.33. The van der Waals surface area contributed by atoms with Crippen molar-refractivity contribution in [3.05, 3.63) is 57.9 Å². The maximum absolute atomic E-state index is 13.1. The number of amides is 1. The lowest BCUT2D eigenvalue weighted by atomic mass is 10.0. The molecule has 0 aliphatic heterocycles. The summed E-state index contributed by atoms with van der Waals surface area (Å²) in [5.74, 6) is 0.347. The zero-order valence-electron chi connectivity index (χ0n) is 13.9. The van der Waals surface area contributed by atoms with Gasteiger partial charge in [-0.15, -0.1) is 0 Å². The maximum atomic E-state index is 13.1. The molecular formula is C18H19ClFNO3. The van der Waals surface area contributed by atoms with Gasteiger partial charge in [0.15, 0.2) is 11.5 Å². The van der Waals surface area contributed by atoms with Crippen LogP contribution >= 0.6 is 11.6 Å². The Labute approximate surface area is 145 Å². The van der Waals surface area contributed by atoms with E-state index in [0.29, 0.717) is 11.5 Å². The van der Waals surface area contributed by atoms with Gasteiger partial charge in [-0.2, -0.15) is 0 Å². The third kappa shape index (κ3) is 3.79. The van der Waals surface area contributed by atoms with E-state index in [4.69, 9.17) is 21.1 Å². The molecule has 0 aliphatic carbocycles. The van der Waals surface area contributed by atoms with E-state index in [1.54, 1.807) is 14.2 Å². The molecule has 0 aromatic heterocycles. The molecule has 1 amide bonds. The molecule has 1 unspecified atom stereocenters. The summed E-state index contributed by atoms with van der Waals surface area (Å²) in [6.07, 6.45) is 0. The first-order valence-electron chi connectivity index (χ1n) is 7.35. The second-order valence-corrected chi connectivity index (χ2v) is 5.79. The van der Waals surface area contributed by atoms with Gasteiger partial charge in [-0.25, -0.2) is 4.39 Å². The van der Waals surface area contributed by atoms with Crippen LogP contribution in [0.2, 0.25) is 5.02 Å². The quantitative estimate of drug-likeness (QED) is 0.873. The van der Waals surface area contributed by atoms with Gasteiger partial charge in [-0.3, -0.25) is 4.79 Å². The first kappa shape index (κ1) is 18.1. The largest absolute Gasteiger partial charge is 0.493 e. The molecule has 0 aliphatic rings. The number of carbonyl (C=O) groups is 1. The highest BCUT2D eigenvalue weighted by Gasteiger charge is 2.18. The SMILES string of the molecule is COc1cc(C)c(C(C)NC(=O)c2ccc(F)cc2Cl)cc1OC. The van der Waals surface area contributed by atoms with Crippen molar-refractivity contribution in [3.8, 4) is 11.5 Å². The number of halogens is 2. The van der Waals surface area contributed by atoms with Crippen molar-refractivity contribution < 1.29 is 18.7 Å². The van der Waals surface area contributed by atoms with Crippen molar-refractivity contribution in [1.82, 2.24) is 5.32 Å². The van der Waals surface area contributed by atoms with Crippen molar-refractivity contribution in [2.24, 2.45) is 0 Å². The topological polar surface area (TPSA) is 47.6 Å². The Bertz CT molecular complexity index is 764. The average molecular weight is 352 g/mol. The molecule has 1 N–H and O–H groups in total. The minimum atomic E-state index is -0.486. The second-order valence-electron chi connectivity index (χ2n) is 5.38. The van der Waals surface area contributed by atoms with E-state index < -0.39 is 5.82 Å². The molecule has 0 spiro atoms. The van der Waals surface area contributed by atoms with Crippen LogP contribution < -0.4 is 14.8 Å². The van der Waals surface area contributed by atoms with Gasteiger partial charge >= 0.3 is 0 Å². The number of aryl methyl sites for hydroxylation is 1. The van der Waals surface area contributed by atoms with E-state index in [-0.39, 0.29) is 22.5 Å². The highest BCUT2D eigenvalue weighted by atomic mass is 35.5. The fourth-order valence-electron chi connectivity index (χ4n) is 2.49. The molecule has 0 bridgehead atoms. The Morgan fingerprint density at radius 3 is 2.38 bits per heavy atom. The predicted molar refractivity (Wildman–Crippen MR) is 91.6 cm³/mol. The molecule has 0 radical (unpaired) electrons. The molecule has 4 nitrogen and oxygen atoms in total. The lowest BCUT2D eigenvalue weighted by Crippen LogP contribution is -2.27. The summed E-state index contributed by atoms with van der Waals surface area (Å²) in [4.78, 5) is 12.4. The third-order valence-corrected chi connectivity index (χ3v) is 4.07. The minimum Gasteiger partial charge on any atom is -0.493 e. The van der Waals surface area contributed by atoms with Crippen molar-refractivity contribution >= 4 is 17.5 Å². The van der Waals surface area contributed by atoms with E-state index >= 15 is 0 Å². The summed E-state index contributed by atoms with van der Waals surface area (Å²) in [6.45, 7) is 3.77. The minimum absolute atomic E-state index is 0.0729. The summed E-state index contributed by atoms with van der Waals surface area (Å²) >= 11 is 5.94. The van der Waals surface area contributed by atoms with Crippen LogP contribution in [0.25, 0.3) is 0 Å². The lowest BCUT2D eigenvalue weighted by Gasteiger charge is -2.19. The summed E-state index contributed by atoms with van der Waals surface area (Å²) in [5, 5.41) is 2.93. The molecule has 2 aromatic carbocycles. The molecule has 128 valence electrons. The van der Waals surface area contributed by atoms with Gasteiger partial charge in [0.1, 0.15) is 5.82 Å². The molecule has 0 heterocycles. The Morgan fingerprint density at radius 1 is 1.17 bits per heavy atom. The van der Waals surface area contributed by atoms with Crippen molar-refractivity contribution in [1.29, 1.82) is 0 Å². The van der Waals surface area contributed by atoms with E-state index in [1.165, 1.54) is 12.1 Å². The van der Waals surface area contributed by atoms with Gasteiger partial charge in [0, 0.05) is 0 Å². The zero-order chi connectivity index (χ0) is 17.9. The van der Waals surface area contributed by atoms with E-state index in [9.17, 15) is 9.18 Å². The second kappa shape index (κ2) is 7.53. The smallest absolute Gasteiger partial charge is 0.253 e. The number of carbonyl (C=O) groups excluding carboxylic acids is 1. The number of benzene rings is 2. The summed E-state index contributed by atoms with van der Waals surface area (Å²) in [6, 6.07) is 7.06. The monoisotopic (exact) mass is 351 g/mol. The first-order valence-corrected chi connectivity index (χ1v) is 7.73. The molecule has 2 aromatic rings. The van der Waals surface area contributed by atoms with Crippen LogP contribution in [0.1, 0.15) is 34.5 Å². The molecule has 2 rings (SSSR count). The summed E-state index contributed by atoms with van der Waals surface area (Å²) < 4.78 is 23.7. The first-order chi connectivity index (χ1) is 11.4. The Morgan fingerprint density at radius 2 is 1.79 bits per heavy atom. The standard InChI is InChI=1S/C18H19ClFNO3/c1-10-7-16(23-3)17(24-4)9-14(10)11(2)21-18(22)13-6-5-12(20)8-15(13)19/h5-9,11H,1-4H3,(H,21,22). The van der Waals surface area contributed by atoms with Gasteiger partial charge in [-0.1, -0.05) is 11.6 Å². The van der Waals surface area contributed by atoms with Crippen molar-refractivity contribution in [2.45, 2.75) is 19.9 Å². The summed E-state index contributed by atoms with van der Waals surface area (Å²) in [5.41, 5.74) is 2.06. The van der Waals surface area contributed by atoms with Crippen LogP contribution in [0, 0.1) is 12.7 Å². The average Bonchev–Trinajstić information content (AvgIpc) is 2.54. The van der Waals surface area contributed by atoms with Gasteiger partial charge < -0.3 is 14.8 Å². The van der Waals surface area contributed by atoms with Crippen LogP contribution in [0.5, 0.6) is 11.5 Å². The number of hydrogen-bond acceptors (Lipinski definition) is 3. The van der Waals surface area contributed by atoms with E-state index in [0.717, 1.165) is 17.2 Å². The molecule has 24 heavy (non-hydrogen) atoms. The number of nitrogens with one attached hydrogen (secondary N) is 1. The number of hydrogen-bond donors (Lipinski definition) is 1. The van der Waals surface area contributed by atoms with E-state index in [2.05, 4.69) is 5.32 Å². The van der Waals surface area contributed by atoms with E-state index in [1.807, 2.05) is 26.0 Å². The lowest BCUT2D eigenvalue weighted by molar-refractivity contribution is 0.0940.